The van der Waals surface area contributed by atoms with Crippen molar-refractivity contribution in [1.82, 2.24) is 4.57 Å². The minimum atomic E-state index is -0.488. The smallest absolute Gasteiger partial charge is 0.178 e. The summed E-state index contributed by atoms with van der Waals surface area (Å²) in [6.07, 6.45) is 0. The number of aromatic nitrogens is 1. The molecule has 2 heterocycles. The highest BCUT2D eigenvalue weighted by molar-refractivity contribution is 6.10. The highest BCUT2D eigenvalue weighted by atomic mass is 16.6. The molecule has 1 aliphatic heterocycles. The van der Waals surface area contributed by atoms with Gasteiger partial charge in [0.25, 0.3) is 0 Å². The Labute approximate surface area is 376 Å². The number of hydrogen-bond donors (Lipinski definition) is 0. The Morgan fingerprint density at radius 3 is 1.71 bits per heavy atom. The van der Waals surface area contributed by atoms with Gasteiger partial charge in [0.2, 0.25) is 0 Å². The molecular weight excluding hydrogens is 793 g/mol. The van der Waals surface area contributed by atoms with E-state index in [1.54, 1.807) is 0 Å². The van der Waals surface area contributed by atoms with Crippen LogP contribution in [0.25, 0.3) is 60.9 Å². The average Bonchev–Trinajstić information content (AvgIpc) is 3.98. The number of para-hydroxylation sites is 3. The Balaban J connectivity index is 0.968. The van der Waals surface area contributed by atoms with Gasteiger partial charge in [-0.1, -0.05) is 170 Å². The van der Waals surface area contributed by atoms with E-state index in [9.17, 15) is 0 Å². The van der Waals surface area contributed by atoms with Crippen LogP contribution in [0.2, 0.25) is 0 Å². The molecule has 0 saturated heterocycles. The summed E-state index contributed by atoms with van der Waals surface area (Å²) in [4.78, 5) is 2.36. The van der Waals surface area contributed by atoms with Crippen LogP contribution in [0.1, 0.15) is 22.3 Å². The number of benzene rings is 10. The van der Waals surface area contributed by atoms with Crippen molar-refractivity contribution in [2.75, 3.05) is 4.90 Å². The monoisotopic (exact) mass is 830 g/mol. The van der Waals surface area contributed by atoms with E-state index in [0.29, 0.717) is 17.2 Å². The van der Waals surface area contributed by atoms with Crippen molar-refractivity contribution in [1.29, 1.82) is 0 Å². The van der Waals surface area contributed by atoms with E-state index < -0.39 is 5.41 Å². The molecule has 1 spiro atoms. The number of nitrogens with zero attached hydrogens (tertiary/aromatic N) is 2. The van der Waals surface area contributed by atoms with E-state index in [-0.39, 0.29) is 0 Å². The van der Waals surface area contributed by atoms with Crippen LogP contribution in [0.4, 0.5) is 17.1 Å². The maximum absolute atomic E-state index is 7.26. The molecule has 304 valence electrons. The molecule has 1 aromatic heterocycles. The van der Waals surface area contributed by atoms with Gasteiger partial charge >= 0.3 is 0 Å². The third-order valence-electron chi connectivity index (χ3n) is 13.9. The molecular formula is C61H38N2O2. The molecule has 0 saturated carbocycles. The SMILES string of the molecule is c1ccc(-c2ccccc2N(c2ccc3c(c2)Oc2c(ccc4c2-c2ccccc2C42c4ccccc4-c4ccccc42)O3)c2ccc3c4ccccc4n(-c4ccccc4)c3c2)cc1. The molecule has 4 heteroatoms. The van der Waals surface area contributed by atoms with Gasteiger partial charge < -0.3 is 18.9 Å². The van der Waals surface area contributed by atoms with Gasteiger partial charge in [-0.05, 0) is 99.1 Å². The first-order valence-corrected chi connectivity index (χ1v) is 22.3. The standard InChI is InChI=1S/C61H38N2O2/c1-3-17-39(18-4-1)43-21-10-15-29-53(43)62(41-31-33-47-46-24-11-16-30-54(46)63(55(47)37-41)40-19-5-2-6-20-40)42-32-35-56-58(38-42)65-60-57(64-56)36-34-52-59(60)48-25-9-14-28-51(48)61(52)49-26-12-7-22-44(49)45-23-8-13-27-50(45)61/h1-38H. The lowest BCUT2D eigenvalue weighted by Gasteiger charge is -2.31. The van der Waals surface area contributed by atoms with Crippen molar-refractivity contribution in [2.45, 2.75) is 5.41 Å². The molecule has 11 aromatic rings. The van der Waals surface area contributed by atoms with E-state index in [1.165, 1.54) is 49.7 Å². The number of rotatable bonds is 5. The van der Waals surface area contributed by atoms with Crippen LogP contribution in [0.15, 0.2) is 231 Å². The van der Waals surface area contributed by atoms with Crippen molar-refractivity contribution in [3.63, 3.8) is 0 Å². The Morgan fingerprint density at radius 1 is 0.369 bits per heavy atom. The van der Waals surface area contributed by atoms with Gasteiger partial charge in [0, 0.05) is 39.3 Å². The zero-order valence-electron chi connectivity index (χ0n) is 35.2. The summed E-state index contributed by atoms with van der Waals surface area (Å²) in [5.74, 6) is 2.79. The van der Waals surface area contributed by atoms with Crippen molar-refractivity contribution in [3.05, 3.63) is 253 Å². The topological polar surface area (TPSA) is 26.6 Å². The summed E-state index contributed by atoms with van der Waals surface area (Å²) in [6, 6.07) is 82.8. The lowest BCUT2D eigenvalue weighted by Crippen LogP contribution is -2.25. The van der Waals surface area contributed by atoms with Crippen molar-refractivity contribution in [2.24, 2.45) is 0 Å². The Kier molecular flexibility index (Phi) is 7.57. The fraction of sp³-hybridized carbons (Fsp3) is 0.0164. The van der Waals surface area contributed by atoms with Gasteiger partial charge in [0.15, 0.2) is 23.0 Å². The molecule has 0 unspecified atom stereocenters. The van der Waals surface area contributed by atoms with E-state index >= 15 is 0 Å². The molecule has 2 aliphatic carbocycles. The van der Waals surface area contributed by atoms with E-state index in [1.807, 2.05) is 0 Å². The van der Waals surface area contributed by atoms with Gasteiger partial charge in [-0.2, -0.15) is 0 Å². The summed E-state index contributed by atoms with van der Waals surface area (Å²) >= 11 is 0. The summed E-state index contributed by atoms with van der Waals surface area (Å²) < 4.78 is 16.5. The Morgan fingerprint density at radius 2 is 0.938 bits per heavy atom. The highest BCUT2D eigenvalue weighted by Crippen LogP contribution is 2.66. The van der Waals surface area contributed by atoms with Crippen molar-refractivity contribution < 1.29 is 9.47 Å². The van der Waals surface area contributed by atoms with Gasteiger partial charge in [-0.15, -0.1) is 0 Å². The molecule has 0 amide bonds. The predicted molar refractivity (Wildman–Crippen MR) is 264 cm³/mol. The molecule has 0 N–H and O–H groups in total. The molecule has 4 nitrogen and oxygen atoms in total. The minimum Gasteiger partial charge on any atom is -0.449 e. The molecule has 0 radical (unpaired) electrons. The van der Waals surface area contributed by atoms with Crippen molar-refractivity contribution in [3.8, 4) is 62.1 Å². The molecule has 0 bridgehead atoms. The zero-order valence-corrected chi connectivity index (χ0v) is 35.2. The third-order valence-corrected chi connectivity index (χ3v) is 13.9. The maximum atomic E-state index is 7.26. The van der Waals surface area contributed by atoms with E-state index in [4.69, 9.17) is 9.47 Å². The van der Waals surface area contributed by atoms with E-state index in [2.05, 4.69) is 240 Å². The fourth-order valence-corrected chi connectivity index (χ4v) is 11.3. The van der Waals surface area contributed by atoms with Crippen molar-refractivity contribution >= 4 is 38.9 Å². The quantitative estimate of drug-likeness (QED) is 0.173. The lowest BCUT2D eigenvalue weighted by atomic mass is 9.70. The summed E-state index contributed by atoms with van der Waals surface area (Å²) in [5, 5.41) is 2.41. The van der Waals surface area contributed by atoms with Crippen LogP contribution in [0.3, 0.4) is 0 Å². The largest absolute Gasteiger partial charge is 0.449 e. The maximum Gasteiger partial charge on any atom is 0.178 e. The second kappa shape index (κ2) is 13.7. The normalized spacial score (nSPS) is 13.3. The lowest BCUT2D eigenvalue weighted by molar-refractivity contribution is 0.360. The number of ether oxygens (including phenoxy) is 2. The van der Waals surface area contributed by atoms with Crippen LogP contribution < -0.4 is 14.4 Å². The third kappa shape index (κ3) is 5.02. The van der Waals surface area contributed by atoms with Crippen LogP contribution in [0.5, 0.6) is 23.0 Å². The van der Waals surface area contributed by atoms with Crippen LogP contribution in [0, 0.1) is 0 Å². The molecule has 65 heavy (non-hydrogen) atoms. The number of fused-ring (bicyclic) bond motifs is 16. The minimum absolute atomic E-state index is 0.488. The number of hydrogen-bond acceptors (Lipinski definition) is 3. The fourth-order valence-electron chi connectivity index (χ4n) is 11.3. The van der Waals surface area contributed by atoms with Gasteiger partial charge in [-0.25, -0.2) is 0 Å². The van der Waals surface area contributed by atoms with E-state index in [0.717, 1.165) is 56.3 Å². The molecule has 0 fully saturated rings. The van der Waals surface area contributed by atoms with Crippen LogP contribution in [-0.4, -0.2) is 4.57 Å². The molecule has 0 atom stereocenters. The summed E-state index contributed by atoms with van der Waals surface area (Å²) in [7, 11) is 0. The Bertz CT molecular complexity index is 3690. The van der Waals surface area contributed by atoms with Gasteiger partial charge in [0.05, 0.1) is 27.8 Å². The first kappa shape index (κ1) is 35.9. The molecule has 3 aliphatic rings. The second-order valence-electron chi connectivity index (χ2n) is 17.1. The molecule has 10 aromatic carbocycles. The van der Waals surface area contributed by atoms with Crippen LogP contribution >= 0.6 is 0 Å². The zero-order chi connectivity index (χ0) is 42.6. The van der Waals surface area contributed by atoms with Gasteiger partial charge in [-0.3, -0.25) is 0 Å². The summed E-state index contributed by atoms with van der Waals surface area (Å²) in [5.41, 5.74) is 18.0. The number of anilines is 3. The molecule has 14 rings (SSSR count). The highest BCUT2D eigenvalue weighted by Gasteiger charge is 2.53. The first-order valence-electron chi connectivity index (χ1n) is 22.3. The summed E-state index contributed by atoms with van der Waals surface area (Å²) in [6.45, 7) is 0. The first-order chi connectivity index (χ1) is 32.3. The Hall–Kier alpha value is -8.60. The second-order valence-corrected chi connectivity index (χ2v) is 17.1. The van der Waals surface area contributed by atoms with Crippen LogP contribution in [-0.2, 0) is 5.41 Å². The predicted octanol–water partition coefficient (Wildman–Crippen LogP) is 16.2. The van der Waals surface area contributed by atoms with Gasteiger partial charge in [0.1, 0.15) is 0 Å². The average molecular weight is 831 g/mol.